The van der Waals surface area contributed by atoms with Gasteiger partial charge in [0.05, 0.1) is 0 Å². The maximum atomic E-state index is 13.7. The molecule has 1 heterocycles. The number of halogens is 2. The summed E-state index contributed by atoms with van der Waals surface area (Å²) in [5, 5.41) is 9.29. The van der Waals surface area contributed by atoms with E-state index in [9.17, 15) is 22.7 Å². The second-order valence-electron chi connectivity index (χ2n) is 4.37. The number of sulfonamides is 1. The summed E-state index contributed by atoms with van der Waals surface area (Å²) in [5.74, 6) is -1.65. The fraction of sp³-hybridized carbons (Fsp3) is 0.364. The molecule has 0 spiro atoms. The highest BCUT2D eigenvalue weighted by atomic mass is 35.5. The van der Waals surface area contributed by atoms with Gasteiger partial charge in [0.15, 0.2) is 0 Å². The molecular weight excluding hydrogens is 329 g/mol. The average molecular weight is 340 g/mol. The standard InChI is InChI=1S/C11H11ClFNO4S2/c12-7-1-2-9(8(13)5-7)20(17,18)14-11(10(15)16)3-4-19-6-11/h1-2,5,14H,3-4,6H2,(H,15,16). The van der Waals surface area contributed by atoms with Crippen LogP contribution in [-0.4, -0.2) is 36.5 Å². The molecule has 2 rings (SSSR count). The Balaban J connectivity index is 2.38. The van der Waals surface area contributed by atoms with Gasteiger partial charge in [0.25, 0.3) is 0 Å². The van der Waals surface area contributed by atoms with Crippen LogP contribution in [0.5, 0.6) is 0 Å². The molecule has 0 bridgehead atoms. The van der Waals surface area contributed by atoms with Crippen LogP contribution in [0.15, 0.2) is 23.1 Å². The van der Waals surface area contributed by atoms with Gasteiger partial charge in [-0.05, 0) is 30.4 Å². The molecule has 1 aromatic carbocycles. The van der Waals surface area contributed by atoms with Crippen molar-refractivity contribution in [3.05, 3.63) is 29.0 Å². The van der Waals surface area contributed by atoms with Crippen LogP contribution in [0.2, 0.25) is 5.02 Å². The van der Waals surface area contributed by atoms with Crippen LogP contribution in [0, 0.1) is 5.82 Å². The number of carbonyl (C=O) groups is 1. The van der Waals surface area contributed by atoms with Crippen molar-refractivity contribution < 1.29 is 22.7 Å². The molecule has 1 atom stereocenters. The summed E-state index contributed by atoms with van der Waals surface area (Å²) in [6, 6.07) is 3.11. The Kier molecular flexibility index (Phi) is 4.29. The number of hydrogen-bond donors (Lipinski definition) is 2. The van der Waals surface area contributed by atoms with E-state index >= 15 is 0 Å². The molecule has 0 radical (unpaired) electrons. The van der Waals surface area contributed by atoms with Crippen molar-refractivity contribution in [1.29, 1.82) is 0 Å². The molecule has 110 valence electrons. The largest absolute Gasteiger partial charge is 0.480 e. The van der Waals surface area contributed by atoms with E-state index in [1.165, 1.54) is 17.8 Å². The average Bonchev–Trinajstić information content (AvgIpc) is 2.77. The molecule has 1 aromatic rings. The molecule has 2 N–H and O–H groups in total. The van der Waals surface area contributed by atoms with E-state index in [1.807, 2.05) is 0 Å². The number of aliphatic carboxylic acids is 1. The van der Waals surface area contributed by atoms with Crippen LogP contribution in [-0.2, 0) is 14.8 Å². The van der Waals surface area contributed by atoms with Gasteiger partial charge in [0.1, 0.15) is 16.3 Å². The topological polar surface area (TPSA) is 83.5 Å². The Bertz CT molecular complexity index is 644. The molecule has 0 amide bonds. The number of thioether (sulfide) groups is 1. The Morgan fingerprint density at radius 3 is 2.70 bits per heavy atom. The fourth-order valence-corrected chi connectivity index (χ4v) is 4.89. The van der Waals surface area contributed by atoms with Gasteiger partial charge in [-0.3, -0.25) is 4.79 Å². The highest BCUT2D eigenvalue weighted by Crippen LogP contribution is 2.30. The van der Waals surface area contributed by atoms with Crippen molar-refractivity contribution in [3.63, 3.8) is 0 Å². The third kappa shape index (κ3) is 2.93. The Morgan fingerprint density at radius 2 is 2.20 bits per heavy atom. The zero-order valence-electron chi connectivity index (χ0n) is 10.1. The van der Waals surface area contributed by atoms with Crippen LogP contribution >= 0.6 is 23.4 Å². The van der Waals surface area contributed by atoms with Gasteiger partial charge in [-0.15, -0.1) is 0 Å². The first kappa shape index (κ1) is 15.6. The van der Waals surface area contributed by atoms with E-state index in [0.717, 1.165) is 12.1 Å². The molecule has 0 aromatic heterocycles. The number of rotatable bonds is 4. The van der Waals surface area contributed by atoms with Crippen LogP contribution in [0.4, 0.5) is 4.39 Å². The zero-order chi connectivity index (χ0) is 15.0. The highest BCUT2D eigenvalue weighted by molar-refractivity contribution is 7.99. The summed E-state index contributed by atoms with van der Waals surface area (Å²) in [7, 11) is -4.27. The first-order chi connectivity index (χ1) is 9.27. The summed E-state index contributed by atoms with van der Waals surface area (Å²) in [4.78, 5) is 10.7. The second kappa shape index (κ2) is 5.51. The van der Waals surface area contributed by atoms with Gasteiger partial charge in [-0.2, -0.15) is 16.5 Å². The second-order valence-corrected chi connectivity index (χ2v) is 7.56. The molecule has 9 heteroatoms. The smallest absolute Gasteiger partial charge is 0.325 e. The summed E-state index contributed by atoms with van der Waals surface area (Å²) in [6.07, 6.45) is 0.154. The molecule has 1 aliphatic rings. The molecule has 20 heavy (non-hydrogen) atoms. The lowest BCUT2D eigenvalue weighted by Gasteiger charge is -2.24. The Morgan fingerprint density at radius 1 is 1.50 bits per heavy atom. The molecular formula is C11H11ClFNO4S2. The number of hydrogen-bond acceptors (Lipinski definition) is 4. The third-order valence-corrected chi connectivity index (χ3v) is 5.94. The molecule has 1 saturated heterocycles. The monoisotopic (exact) mass is 339 g/mol. The van der Waals surface area contributed by atoms with Gasteiger partial charge in [0, 0.05) is 10.8 Å². The quantitative estimate of drug-likeness (QED) is 0.872. The van der Waals surface area contributed by atoms with Gasteiger partial charge in [-0.25, -0.2) is 12.8 Å². The summed E-state index contributed by atoms with van der Waals surface area (Å²) >= 11 is 6.89. The summed E-state index contributed by atoms with van der Waals surface area (Å²) in [5.41, 5.74) is -1.59. The van der Waals surface area contributed by atoms with Gasteiger partial charge < -0.3 is 5.11 Å². The minimum Gasteiger partial charge on any atom is -0.480 e. The first-order valence-corrected chi connectivity index (χ1v) is 8.59. The number of nitrogens with one attached hydrogen (secondary N) is 1. The number of carboxylic acids is 1. The van der Waals surface area contributed by atoms with E-state index in [4.69, 9.17) is 11.6 Å². The highest BCUT2D eigenvalue weighted by Gasteiger charge is 2.45. The van der Waals surface area contributed by atoms with E-state index < -0.39 is 32.2 Å². The maximum Gasteiger partial charge on any atom is 0.325 e. The lowest BCUT2D eigenvalue weighted by Crippen LogP contribution is -2.54. The van der Waals surface area contributed by atoms with Crippen LogP contribution in [0.1, 0.15) is 6.42 Å². The maximum absolute atomic E-state index is 13.7. The van der Waals surface area contributed by atoms with Gasteiger partial charge in [-0.1, -0.05) is 11.6 Å². The molecule has 1 aliphatic heterocycles. The zero-order valence-corrected chi connectivity index (χ0v) is 12.5. The van der Waals surface area contributed by atoms with Crippen LogP contribution in [0.25, 0.3) is 0 Å². The predicted molar refractivity (Wildman–Crippen MR) is 74.0 cm³/mol. The SMILES string of the molecule is O=C(O)C1(NS(=O)(=O)c2ccc(Cl)cc2F)CCSC1. The summed E-state index contributed by atoms with van der Waals surface area (Å²) in [6.45, 7) is 0. The van der Waals surface area contributed by atoms with Crippen molar-refractivity contribution in [2.24, 2.45) is 0 Å². The third-order valence-electron chi connectivity index (χ3n) is 2.94. The molecule has 1 unspecified atom stereocenters. The van der Waals surface area contributed by atoms with E-state index in [1.54, 1.807) is 0 Å². The van der Waals surface area contributed by atoms with Crippen molar-refractivity contribution >= 4 is 39.4 Å². The Hall–Kier alpha value is -0.830. The molecule has 5 nitrogen and oxygen atoms in total. The Labute approximate surface area is 124 Å². The van der Waals surface area contributed by atoms with Gasteiger partial charge >= 0.3 is 5.97 Å². The first-order valence-electron chi connectivity index (χ1n) is 5.57. The van der Waals surface area contributed by atoms with Gasteiger partial charge in [0.2, 0.25) is 10.0 Å². The van der Waals surface area contributed by atoms with E-state index in [-0.39, 0.29) is 17.2 Å². The minimum absolute atomic E-state index is 0.0609. The predicted octanol–water partition coefficient (Wildman–Crippen LogP) is 1.72. The van der Waals surface area contributed by atoms with Crippen molar-refractivity contribution in [2.75, 3.05) is 11.5 Å². The summed E-state index contributed by atoms with van der Waals surface area (Å²) < 4.78 is 40.1. The van der Waals surface area contributed by atoms with E-state index in [2.05, 4.69) is 4.72 Å². The normalized spacial score (nSPS) is 22.9. The minimum atomic E-state index is -4.27. The van der Waals surface area contributed by atoms with Crippen LogP contribution < -0.4 is 4.72 Å². The fourth-order valence-electron chi connectivity index (χ4n) is 1.86. The van der Waals surface area contributed by atoms with Crippen molar-refractivity contribution in [2.45, 2.75) is 16.9 Å². The van der Waals surface area contributed by atoms with Crippen LogP contribution in [0.3, 0.4) is 0 Å². The van der Waals surface area contributed by atoms with Crippen molar-refractivity contribution in [3.8, 4) is 0 Å². The number of carboxylic acid groups (broad SMARTS) is 1. The molecule has 0 aliphatic carbocycles. The van der Waals surface area contributed by atoms with Crippen molar-refractivity contribution in [1.82, 2.24) is 4.72 Å². The lowest BCUT2D eigenvalue weighted by atomic mass is 10.0. The lowest BCUT2D eigenvalue weighted by molar-refractivity contribution is -0.142. The van der Waals surface area contributed by atoms with E-state index in [0.29, 0.717) is 5.75 Å². The molecule has 0 saturated carbocycles. The molecule has 1 fully saturated rings. The number of benzene rings is 1.